The van der Waals surface area contributed by atoms with Crippen LogP contribution in [0.25, 0.3) is 21.9 Å². The summed E-state index contributed by atoms with van der Waals surface area (Å²) in [6.07, 6.45) is 0. The van der Waals surface area contributed by atoms with E-state index in [9.17, 15) is 14.4 Å². The van der Waals surface area contributed by atoms with Gasteiger partial charge in [0.2, 0.25) is 5.78 Å². The molecule has 7 nitrogen and oxygen atoms in total. The molecule has 0 bridgehead atoms. The van der Waals surface area contributed by atoms with Crippen molar-refractivity contribution in [2.75, 3.05) is 11.9 Å². The SMILES string of the molecule is CCOc1ccc(C(=O)c2oc3ccccc3c2NC(=O)c2cc3ccccc3oc2=O)cc1. The molecule has 0 radical (unpaired) electrons. The summed E-state index contributed by atoms with van der Waals surface area (Å²) in [5, 5.41) is 3.84. The van der Waals surface area contributed by atoms with Crippen molar-refractivity contribution >= 4 is 39.3 Å². The Kier molecular flexibility index (Phi) is 5.43. The summed E-state index contributed by atoms with van der Waals surface area (Å²) in [7, 11) is 0. The minimum Gasteiger partial charge on any atom is -0.494 e. The Hall–Kier alpha value is -4.65. The van der Waals surface area contributed by atoms with E-state index in [-0.39, 0.29) is 17.0 Å². The third kappa shape index (κ3) is 3.84. The Bertz CT molecular complexity index is 1590. The molecular formula is C27H19NO6. The van der Waals surface area contributed by atoms with E-state index in [1.165, 1.54) is 6.07 Å². The van der Waals surface area contributed by atoms with Crippen molar-refractivity contribution in [3.8, 4) is 5.75 Å². The van der Waals surface area contributed by atoms with Crippen molar-refractivity contribution < 1.29 is 23.2 Å². The van der Waals surface area contributed by atoms with Gasteiger partial charge in [-0.3, -0.25) is 9.59 Å². The molecule has 34 heavy (non-hydrogen) atoms. The van der Waals surface area contributed by atoms with Gasteiger partial charge in [-0.2, -0.15) is 0 Å². The maximum atomic E-state index is 13.3. The van der Waals surface area contributed by atoms with Gasteiger partial charge in [0.1, 0.15) is 22.5 Å². The van der Waals surface area contributed by atoms with Crippen LogP contribution in [0.3, 0.4) is 0 Å². The highest BCUT2D eigenvalue weighted by molar-refractivity contribution is 6.19. The number of carbonyl (C=O) groups excluding carboxylic acids is 2. The summed E-state index contributed by atoms with van der Waals surface area (Å²) in [5.41, 5.74) is 0.406. The highest BCUT2D eigenvalue weighted by atomic mass is 16.5. The zero-order chi connectivity index (χ0) is 23.7. The van der Waals surface area contributed by atoms with E-state index < -0.39 is 17.3 Å². The Morgan fingerprint density at radius 2 is 1.59 bits per heavy atom. The van der Waals surface area contributed by atoms with Crippen molar-refractivity contribution in [3.05, 3.63) is 106 Å². The van der Waals surface area contributed by atoms with E-state index in [0.29, 0.717) is 39.9 Å². The molecule has 0 saturated heterocycles. The molecule has 5 rings (SSSR count). The fraction of sp³-hybridized carbons (Fsp3) is 0.0741. The first-order chi connectivity index (χ1) is 16.5. The molecule has 168 valence electrons. The molecule has 0 fully saturated rings. The minimum atomic E-state index is -0.775. The van der Waals surface area contributed by atoms with Crippen LogP contribution in [-0.4, -0.2) is 18.3 Å². The Labute approximate surface area is 193 Å². The first-order valence-corrected chi connectivity index (χ1v) is 10.7. The van der Waals surface area contributed by atoms with Gasteiger partial charge in [-0.25, -0.2) is 4.79 Å². The maximum absolute atomic E-state index is 13.3. The number of nitrogens with one attached hydrogen (secondary N) is 1. The number of rotatable bonds is 6. The third-order valence-electron chi connectivity index (χ3n) is 5.35. The minimum absolute atomic E-state index is 0.0381. The van der Waals surface area contributed by atoms with Crippen molar-refractivity contribution in [2.24, 2.45) is 0 Å². The van der Waals surface area contributed by atoms with E-state index in [4.69, 9.17) is 13.6 Å². The number of hydrogen-bond donors (Lipinski definition) is 1. The number of carbonyl (C=O) groups is 2. The number of benzene rings is 3. The second kappa shape index (κ2) is 8.71. The fourth-order valence-corrected chi connectivity index (χ4v) is 3.73. The average Bonchev–Trinajstić information content (AvgIpc) is 3.22. The van der Waals surface area contributed by atoms with E-state index in [1.807, 2.05) is 6.92 Å². The molecule has 5 aromatic rings. The standard InChI is InChI=1S/C27H19NO6/c1-2-32-18-13-11-16(12-14-18)24(29)25-23(19-8-4-6-10-22(19)33-25)28-26(30)20-15-17-7-3-5-9-21(17)34-27(20)31/h3-15H,2H2,1H3,(H,28,30). The molecule has 0 unspecified atom stereocenters. The second-order valence-corrected chi connectivity index (χ2v) is 7.53. The molecule has 1 N–H and O–H groups in total. The molecule has 0 aliphatic carbocycles. The summed E-state index contributed by atoms with van der Waals surface area (Å²) >= 11 is 0. The van der Waals surface area contributed by atoms with Crippen LogP contribution in [0.1, 0.15) is 33.4 Å². The second-order valence-electron chi connectivity index (χ2n) is 7.53. The molecule has 0 saturated carbocycles. The number of amides is 1. The summed E-state index contributed by atoms with van der Waals surface area (Å²) < 4.78 is 16.5. The maximum Gasteiger partial charge on any atom is 0.349 e. The highest BCUT2D eigenvalue weighted by Crippen LogP contribution is 2.33. The lowest BCUT2D eigenvalue weighted by atomic mass is 10.1. The largest absolute Gasteiger partial charge is 0.494 e. The van der Waals surface area contributed by atoms with Gasteiger partial charge in [0.25, 0.3) is 5.91 Å². The molecule has 0 spiro atoms. The van der Waals surface area contributed by atoms with Crippen molar-refractivity contribution in [1.82, 2.24) is 0 Å². The first-order valence-electron chi connectivity index (χ1n) is 10.7. The summed E-state index contributed by atoms with van der Waals surface area (Å²) in [6, 6.07) is 22.0. The van der Waals surface area contributed by atoms with Crippen LogP contribution in [0.15, 0.2) is 92.5 Å². The topological polar surface area (TPSA) is 98.8 Å². The molecule has 0 atom stereocenters. The van der Waals surface area contributed by atoms with Crippen molar-refractivity contribution in [1.29, 1.82) is 0 Å². The van der Waals surface area contributed by atoms with Gasteiger partial charge < -0.3 is 18.9 Å². The van der Waals surface area contributed by atoms with Crippen LogP contribution in [0.5, 0.6) is 5.75 Å². The third-order valence-corrected chi connectivity index (χ3v) is 5.35. The van der Waals surface area contributed by atoms with Gasteiger partial charge >= 0.3 is 5.63 Å². The molecule has 0 aliphatic heterocycles. The summed E-state index contributed by atoms with van der Waals surface area (Å²) in [4.78, 5) is 38.9. The molecular weight excluding hydrogens is 434 g/mol. The smallest absolute Gasteiger partial charge is 0.349 e. The molecule has 1 amide bonds. The number of hydrogen-bond acceptors (Lipinski definition) is 6. The van der Waals surface area contributed by atoms with Crippen LogP contribution >= 0.6 is 0 Å². The van der Waals surface area contributed by atoms with E-state index in [2.05, 4.69) is 5.32 Å². The Morgan fingerprint density at radius 1 is 0.882 bits per heavy atom. The van der Waals surface area contributed by atoms with E-state index in [1.54, 1.807) is 72.8 Å². The van der Waals surface area contributed by atoms with Crippen molar-refractivity contribution in [3.63, 3.8) is 0 Å². The predicted octanol–water partition coefficient (Wildman–Crippen LogP) is 5.42. The normalized spacial score (nSPS) is 11.0. The number of furan rings is 1. The lowest BCUT2D eigenvalue weighted by Gasteiger charge is -2.07. The number of anilines is 1. The molecule has 3 aromatic carbocycles. The Balaban J connectivity index is 1.55. The summed E-state index contributed by atoms with van der Waals surface area (Å²) in [6.45, 7) is 2.38. The average molecular weight is 453 g/mol. The van der Waals surface area contributed by atoms with Crippen molar-refractivity contribution in [2.45, 2.75) is 6.92 Å². The number of fused-ring (bicyclic) bond motifs is 2. The van der Waals surface area contributed by atoms with Crippen LogP contribution in [0, 0.1) is 0 Å². The predicted molar refractivity (Wildman–Crippen MR) is 128 cm³/mol. The fourth-order valence-electron chi connectivity index (χ4n) is 3.73. The molecule has 2 aromatic heterocycles. The highest BCUT2D eigenvalue weighted by Gasteiger charge is 2.25. The van der Waals surface area contributed by atoms with Gasteiger partial charge in [0, 0.05) is 16.3 Å². The van der Waals surface area contributed by atoms with Gasteiger partial charge in [-0.05, 0) is 55.5 Å². The Morgan fingerprint density at radius 3 is 2.35 bits per heavy atom. The van der Waals surface area contributed by atoms with Crippen LogP contribution in [-0.2, 0) is 0 Å². The number of ether oxygens (including phenoxy) is 1. The quantitative estimate of drug-likeness (QED) is 0.272. The lowest BCUT2D eigenvalue weighted by molar-refractivity contribution is 0.101. The van der Waals surface area contributed by atoms with E-state index >= 15 is 0 Å². The monoisotopic (exact) mass is 453 g/mol. The summed E-state index contributed by atoms with van der Waals surface area (Å²) in [5.74, 6) is -0.518. The van der Waals surface area contributed by atoms with Gasteiger partial charge in [0.05, 0.1) is 12.3 Å². The van der Waals surface area contributed by atoms with E-state index in [0.717, 1.165) is 0 Å². The number of para-hydroxylation sites is 2. The molecule has 2 heterocycles. The van der Waals surface area contributed by atoms with Crippen LogP contribution < -0.4 is 15.7 Å². The zero-order valence-corrected chi connectivity index (χ0v) is 18.2. The zero-order valence-electron chi connectivity index (χ0n) is 18.2. The molecule has 7 heteroatoms. The lowest BCUT2D eigenvalue weighted by Crippen LogP contribution is -2.21. The van der Waals surface area contributed by atoms with Gasteiger partial charge in [0.15, 0.2) is 5.76 Å². The first kappa shape index (κ1) is 21.2. The number of ketones is 1. The van der Waals surface area contributed by atoms with Crippen LogP contribution in [0.4, 0.5) is 5.69 Å². The van der Waals surface area contributed by atoms with Gasteiger partial charge in [-0.1, -0.05) is 30.3 Å². The molecule has 0 aliphatic rings. The van der Waals surface area contributed by atoms with Gasteiger partial charge in [-0.15, -0.1) is 0 Å². The van der Waals surface area contributed by atoms with Crippen LogP contribution in [0.2, 0.25) is 0 Å².